The van der Waals surface area contributed by atoms with Crippen LogP contribution in [0.3, 0.4) is 0 Å². The number of nitrogens with one attached hydrogen (secondary N) is 1. The Bertz CT molecular complexity index is 610. The SMILES string of the molecule is O=C(N1CCC(C2CCNC2)CC1)C1(Cc2ccc(Cl)cc2)CCCC1. The van der Waals surface area contributed by atoms with Gasteiger partial charge >= 0.3 is 0 Å². The molecule has 4 heteroatoms. The molecule has 1 N–H and O–H groups in total. The Labute approximate surface area is 162 Å². The van der Waals surface area contributed by atoms with Crippen LogP contribution >= 0.6 is 11.6 Å². The average molecular weight is 375 g/mol. The van der Waals surface area contributed by atoms with Crippen molar-refractivity contribution in [2.75, 3.05) is 26.2 Å². The fraction of sp³-hybridized carbons (Fsp3) is 0.682. The summed E-state index contributed by atoms with van der Waals surface area (Å²) in [6.07, 6.45) is 9.02. The van der Waals surface area contributed by atoms with E-state index in [1.165, 1.54) is 50.8 Å². The normalized spacial score (nSPS) is 26.3. The first-order valence-electron chi connectivity index (χ1n) is 10.4. The number of nitrogens with zero attached hydrogens (tertiary/aromatic N) is 1. The lowest BCUT2D eigenvalue weighted by molar-refractivity contribution is -0.143. The van der Waals surface area contributed by atoms with Crippen LogP contribution in [0.25, 0.3) is 0 Å². The van der Waals surface area contributed by atoms with Crippen LogP contribution < -0.4 is 5.32 Å². The average Bonchev–Trinajstić information content (AvgIpc) is 3.36. The van der Waals surface area contributed by atoms with Crippen LogP contribution in [-0.4, -0.2) is 37.0 Å². The van der Waals surface area contributed by atoms with E-state index in [-0.39, 0.29) is 5.41 Å². The Hall–Kier alpha value is -1.06. The third-order valence-corrected chi connectivity index (χ3v) is 7.31. The van der Waals surface area contributed by atoms with Crippen molar-refractivity contribution in [2.24, 2.45) is 17.3 Å². The van der Waals surface area contributed by atoms with Crippen LogP contribution in [0.2, 0.25) is 5.02 Å². The molecule has 0 aromatic heterocycles. The summed E-state index contributed by atoms with van der Waals surface area (Å²) >= 11 is 6.04. The van der Waals surface area contributed by atoms with Crippen molar-refractivity contribution in [3.8, 4) is 0 Å². The van der Waals surface area contributed by atoms with Crippen LogP contribution in [-0.2, 0) is 11.2 Å². The molecule has 0 bridgehead atoms. The van der Waals surface area contributed by atoms with Crippen molar-refractivity contribution in [3.63, 3.8) is 0 Å². The van der Waals surface area contributed by atoms with E-state index < -0.39 is 0 Å². The van der Waals surface area contributed by atoms with Crippen molar-refractivity contribution >= 4 is 17.5 Å². The van der Waals surface area contributed by atoms with Gasteiger partial charge in [-0.15, -0.1) is 0 Å². The summed E-state index contributed by atoms with van der Waals surface area (Å²) in [5.41, 5.74) is 1.08. The van der Waals surface area contributed by atoms with Crippen LogP contribution in [0.5, 0.6) is 0 Å². The van der Waals surface area contributed by atoms with E-state index in [4.69, 9.17) is 11.6 Å². The van der Waals surface area contributed by atoms with Gasteiger partial charge in [-0.05, 0) is 81.1 Å². The molecule has 2 heterocycles. The van der Waals surface area contributed by atoms with Gasteiger partial charge in [0.1, 0.15) is 0 Å². The van der Waals surface area contributed by atoms with E-state index in [0.29, 0.717) is 5.91 Å². The highest BCUT2D eigenvalue weighted by atomic mass is 35.5. The topological polar surface area (TPSA) is 32.3 Å². The molecule has 142 valence electrons. The number of carbonyl (C=O) groups excluding carboxylic acids is 1. The van der Waals surface area contributed by atoms with Crippen LogP contribution in [0, 0.1) is 17.3 Å². The van der Waals surface area contributed by atoms with Gasteiger partial charge in [0.2, 0.25) is 5.91 Å². The van der Waals surface area contributed by atoms with Gasteiger partial charge in [-0.25, -0.2) is 0 Å². The minimum Gasteiger partial charge on any atom is -0.342 e. The zero-order valence-electron chi connectivity index (χ0n) is 15.7. The molecule has 2 saturated heterocycles. The van der Waals surface area contributed by atoms with Crippen molar-refractivity contribution in [2.45, 2.75) is 51.4 Å². The first-order valence-corrected chi connectivity index (χ1v) is 10.8. The van der Waals surface area contributed by atoms with Crippen molar-refractivity contribution in [1.29, 1.82) is 0 Å². The summed E-state index contributed by atoms with van der Waals surface area (Å²) in [4.78, 5) is 15.7. The van der Waals surface area contributed by atoms with Gasteiger partial charge in [0.15, 0.2) is 0 Å². The molecule has 0 radical (unpaired) electrons. The molecule has 1 aromatic rings. The first kappa shape index (κ1) is 18.3. The molecule has 4 rings (SSSR count). The van der Waals surface area contributed by atoms with E-state index in [2.05, 4.69) is 22.3 Å². The molecule has 1 aromatic carbocycles. The lowest BCUT2D eigenvalue weighted by Crippen LogP contribution is -2.48. The van der Waals surface area contributed by atoms with Crippen molar-refractivity contribution < 1.29 is 4.79 Å². The number of carbonyl (C=O) groups is 1. The molecule has 1 amide bonds. The second kappa shape index (κ2) is 7.90. The van der Waals surface area contributed by atoms with E-state index in [0.717, 1.165) is 49.2 Å². The second-order valence-electron chi connectivity index (χ2n) is 8.67. The van der Waals surface area contributed by atoms with E-state index in [1.54, 1.807) is 0 Å². The largest absolute Gasteiger partial charge is 0.342 e. The summed E-state index contributed by atoms with van der Waals surface area (Å²) in [5, 5.41) is 4.26. The van der Waals surface area contributed by atoms with Gasteiger partial charge in [-0.3, -0.25) is 4.79 Å². The fourth-order valence-corrected chi connectivity index (χ4v) is 5.63. The monoisotopic (exact) mass is 374 g/mol. The number of halogens is 1. The van der Waals surface area contributed by atoms with E-state index >= 15 is 0 Å². The third-order valence-electron chi connectivity index (χ3n) is 7.06. The van der Waals surface area contributed by atoms with Crippen molar-refractivity contribution in [3.05, 3.63) is 34.9 Å². The van der Waals surface area contributed by atoms with Crippen LogP contribution in [0.1, 0.15) is 50.5 Å². The molecule has 3 aliphatic rings. The Balaban J connectivity index is 1.41. The summed E-state index contributed by atoms with van der Waals surface area (Å²) in [6.45, 7) is 4.28. The molecule has 0 spiro atoms. The summed E-state index contributed by atoms with van der Waals surface area (Å²) in [6, 6.07) is 8.08. The number of benzene rings is 1. The Morgan fingerprint density at radius 2 is 1.77 bits per heavy atom. The number of amides is 1. The highest BCUT2D eigenvalue weighted by molar-refractivity contribution is 6.30. The zero-order chi connectivity index (χ0) is 18.0. The molecule has 26 heavy (non-hydrogen) atoms. The number of hydrogen-bond acceptors (Lipinski definition) is 2. The highest BCUT2D eigenvalue weighted by Gasteiger charge is 2.44. The Morgan fingerprint density at radius 3 is 2.38 bits per heavy atom. The lowest BCUT2D eigenvalue weighted by atomic mass is 9.77. The van der Waals surface area contributed by atoms with Gasteiger partial charge in [0.25, 0.3) is 0 Å². The Kier molecular flexibility index (Phi) is 5.56. The predicted octanol–water partition coefficient (Wildman–Crippen LogP) is 4.29. The predicted molar refractivity (Wildman–Crippen MR) is 106 cm³/mol. The molecule has 3 nitrogen and oxygen atoms in total. The van der Waals surface area contributed by atoms with Crippen molar-refractivity contribution in [1.82, 2.24) is 10.2 Å². The summed E-state index contributed by atoms with van der Waals surface area (Å²) in [7, 11) is 0. The van der Waals surface area contributed by atoms with Gasteiger partial charge in [-0.2, -0.15) is 0 Å². The fourth-order valence-electron chi connectivity index (χ4n) is 5.50. The van der Waals surface area contributed by atoms with E-state index in [1.807, 2.05) is 12.1 Å². The van der Waals surface area contributed by atoms with E-state index in [9.17, 15) is 4.79 Å². The molecule has 2 aliphatic heterocycles. The third kappa shape index (κ3) is 3.80. The maximum Gasteiger partial charge on any atom is 0.229 e. The van der Waals surface area contributed by atoms with Gasteiger partial charge in [-0.1, -0.05) is 36.6 Å². The summed E-state index contributed by atoms with van der Waals surface area (Å²) < 4.78 is 0. The molecule has 3 fully saturated rings. The maximum atomic E-state index is 13.5. The van der Waals surface area contributed by atoms with Crippen LogP contribution in [0.15, 0.2) is 24.3 Å². The van der Waals surface area contributed by atoms with Gasteiger partial charge in [0, 0.05) is 18.1 Å². The number of rotatable bonds is 4. The standard InChI is InChI=1S/C22H31ClN2O/c23-20-5-3-17(4-6-20)15-22(10-1-2-11-22)21(26)25-13-8-18(9-14-25)19-7-12-24-16-19/h3-6,18-19,24H,1-2,7-16H2. The zero-order valence-corrected chi connectivity index (χ0v) is 16.4. The molecular formula is C22H31ClN2O. The Morgan fingerprint density at radius 1 is 1.08 bits per heavy atom. The molecule has 1 unspecified atom stereocenters. The first-order chi connectivity index (χ1) is 12.7. The maximum absolute atomic E-state index is 13.5. The molecule has 1 atom stereocenters. The van der Waals surface area contributed by atoms with Gasteiger partial charge in [0.05, 0.1) is 5.41 Å². The molecule has 1 saturated carbocycles. The number of likely N-dealkylation sites (tertiary alicyclic amines) is 1. The van der Waals surface area contributed by atoms with Gasteiger partial charge < -0.3 is 10.2 Å². The number of hydrogen-bond donors (Lipinski definition) is 1. The lowest BCUT2D eigenvalue weighted by Gasteiger charge is -2.40. The smallest absolute Gasteiger partial charge is 0.229 e. The van der Waals surface area contributed by atoms with Crippen LogP contribution in [0.4, 0.5) is 0 Å². The minimum atomic E-state index is -0.171. The number of piperidine rings is 1. The second-order valence-corrected chi connectivity index (χ2v) is 9.11. The molecular weight excluding hydrogens is 344 g/mol. The highest BCUT2D eigenvalue weighted by Crippen LogP contribution is 2.43. The quantitative estimate of drug-likeness (QED) is 0.852. The minimum absolute atomic E-state index is 0.171. The molecule has 1 aliphatic carbocycles. The summed E-state index contributed by atoms with van der Waals surface area (Å²) in [5.74, 6) is 2.07.